The summed E-state index contributed by atoms with van der Waals surface area (Å²) in [5.41, 5.74) is 2.72. The van der Waals surface area contributed by atoms with E-state index in [1.807, 2.05) is 5.38 Å². The van der Waals surface area contributed by atoms with Gasteiger partial charge in [0.1, 0.15) is 29.4 Å². The molecule has 1 aromatic carbocycles. The van der Waals surface area contributed by atoms with E-state index >= 15 is 0 Å². The predicted molar refractivity (Wildman–Crippen MR) is 119 cm³/mol. The molecule has 10 heteroatoms. The molecule has 0 fully saturated rings. The van der Waals surface area contributed by atoms with Gasteiger partial charge in [0.2, 0.25) is 0 Å². The van der Waals surface area contributed by atoms with Crippen LogP contribution < -0.4 is 10.1 Å². The number of aliphatic hydroxyl groups is 1. The van der Waals surface area contributed by atoms with Crippen LogP contribution in [0.4, 0.5) is 10.8 Å². The molecule has 2 aromatic heterocycles. The third-order valence-electron chi connectivity index (χ3n) is 4.29. The lowest BCUT2D eigenvalue weighted by Gasteiger charge is -2.17. The summed E-state index contributed by atoms with van der Waals surface area (Å²) in [6.07, 6.45) is 1.75. The van der Waals surface area contributed by atoms with Crippen molar-refractivity contribution in [3.05, 3.63) is 51.5 Å². The molecule has 3 aromatic rings. The monoisotopic (exact) mass is 462 g/mol. The van der Waals surface area contributed by atoms with Gasteiger partial charge in [0, 0.05) is 29.8 Å². The number of carbonyl (C=O) groups excluding carboxylic acids is 1. The van der Waals surface area contributed by atoms with Crippen molar-refractivity contribution >= 4 is 56.9 Å². The molecular formula is C20H16Cl2N4O3S. The van der Waals surface area contributed by atoms with E-state index in [-0.39, 0.29) is 25.4 Å². The number of halogens is 2. The summed E-state index contributed by atoms with van der Waals surface area (Å²) in [5, 5.41) is 15.3. The number of ether oxygens (including phenoxy) is 1. The molecule has 0 saturated carbocycles. The number of anilines is 1. The summed E-state index contributed by atoms with van der Waals surface area (Å²) in [5.74, 6) is 0.487. The van der Waals surface area contributed by atoms with Gasteiger partial charge in [0.15, 0.2) is 10.9 Å². The minimum Gasteiger partial charge on any atom is -0.488 e. The number of thiazole rings is 1. The largest absolute Gasteiger partial charge is 0.488 e. The summed E-state index contributed by atoms with van der Waals surface area (Å²) >= 11 is 13.3. The highest BCUT2D eigenvalue weighted by molar-refractivity contribution is 7.14. The number of fused-ring (bicyclic) bond motifs is 1. The van der Waals surface area contributed by atoms with Crippen LogP contribution in [0.3, 0.4) is 0 Å². The Morgan fingerprint density at radius 2 is 2.10 bits per heavy atom. The van der Waals surface area contributed by atoms with E-state index in [1.54, 1.807) is 30.5 Å². The maximum Gasteiger partial charge on any atom is 0.183 e. The van der Waals surface area contributed by atoms with E-state index in [2.05, 4.69) is 20.3 Å². The van der Waals surface area contributed by atoms with E-state index < -0.39 is 0 Å². The summed E-state index contributed by atoms with van der Waals surface area (Å²) in [6.45, 7) is 0.548. The number of aliphatic imine (C=N–C) groups is 1. The minimum absolute atomic E-state index is 0.00881. The molecular weight excluding hydrogens is 447 g/mol. The van der Waals surface area contributed by atoms with E-state index in [4.69, 9.17) is 33.0 Å². The van der Waals surface area contributed by atoms with Crippen LogP contribution in [-0.4, -0.2) is 46.3 Å². The second-order valence-corrected chi connectivity index (χ2v) is 8.06. The molecule has 154 valence electrons. The molecule has 1 aliphatic rings. The van der Waals surface area contributed by atoms with Crippen LogP contribution in [0.1, 0.15) is 16.8 Å². The first-order valence-electron chi connectivity index (χ1n) is 9.02. The number of hydrogen-bond acceptors (Lipinski definition) is 8. The lowest BCUT2D eigenvalue weighted by atomic mass is 9.99. The number of nitrogens with zero attached hydrogens (tertiary/aromatic N) is 3. The minimum atomic E-state index is -0.0507. The molecule has 0 radical (unpaired) electrons. The fourth-order valence-corrected chi connectivity index (χ4v) is 3.91. The Morgan fingerprint density at radius 3 is 2.90 bits per heavy atom. The lowest BCUT2D eigenvalue weighted by Crippen LogP contribution is -2.20. The SMILES string of the molecule is O=C1CC(COc2ccc(Cl)c(Cl)c2)=Nc2c1ccnc2-c1csc(NCCO)n1. The fourth-order valence-electron chi connectivity index (χ4n) is 2.90. The first kappa shape index (κ1) is 20.7. The van der Waals surface area contributed by atoms with Crippen molar-refractivity contribution in [3.8, 4) is 17.1 Å². The Hall–Kier alpha value is -2.52. The van der Waals surface area contributed by atoms with Crippen LogP contribution >= 0.6 is 34.5 Å². The topological polar surface area (TPSA) is 96.7 Å². The zero-order valence-electron chi connectivity index (χ0n) is 15.6. The number of Topliss-reactive ketones (excluding diaryl/α,β-unsaturated/α-hetero) is 1. The zero-order chi connectivity index (χ0) is 21.1. The van der Waals surface area contributed by atoms with E-state index in [1.165, 1.54) is 11.3 Å². The van der Waals surface area contributed by atoms with Crippen LogP contribution in [0.5, 0.6) is 5.75 Å². The molecule has 0 saturated heterocycles. The van der Waals surface area contributed by atoms with Gasteiger partial charge in [-0.2, -0.15) is 0 Å². The third kappa shape index (κ3) is 4.46. The van der Waals surface area contributed by atoms with Gasteiger partial charge < -0.3 is 15.2 Å². The summed E-state index contributed by atoms with van der Waals surface area (Å²) in [4.78, 5) is 26.2. The Morgan fingerprint density at radius 1 is 1.23 bits per heavy atom. The highest BCUT2D eigenvalue weighted by Gasteiger charge is 2.25. The second kappa shape index (κ2) is 9.09. The van der Waals surface area contributed by atoms with Gasteiger partial charge in [-0.15, -0.1) is 11.3 Å². The Balaban J connectivity index is 1.60. The predicted octanol–water partition coefficient (Wildman–Crippen LogP) is 4.65. The van der Waals surface area contributed by atoms with Gasteiger partial charge in [0.25, 0.3) is 0 Å². The molecule has 3 heterocycles. The molecule has 0 aliphatic carbocycles. The average molecular weight is 463 g/mol. The first-order valence-corrected chi connectivity index (χ1v) is 10.7. The smallest absolute Gasteiger partial charge is 0.183 e. The van der Waals surface area contributed by atoms with Crippen molar-refractivity contribution in [2.24, 2.45) is 4.99 Å². The number of ketones is 1. The highest BCUT2D eigenvalue weighted by atomic mass is 35.5. The van der Waals surface area contributed by atoms with E-state index in [0.29, 0.717) is 55.8 Å². The standard InChI is InChI=1S/C20H16Cl2N4O3S/c21-14-2-1-12(8-15(14)22)29-9-11-7-17(28)13-3-4-23-19(18(13)25-11)16-10-30-20(26-16)24-5-6-27/h1-4,8,10,27H,5-7,9H2,(H,24,26). The molecule has 4 rings (SSSR count). The van der Waals surface area contributed by atoms with Crippen molar-refractivity contribution in [2.75, 3.05) is 25.1 Å². The zero-order valence-corrected chi connectivity index (χ0v) is 17.9. The Labute approximate surface area is 186 Å². The summed E-state index contributed by atoms with van der Waals surface area (Å²) in [6, 6.07) is 6.64. The van der Waals surface area contributed by atoms with Gasteiger partial charge >= 0.3 is 0 Å². The number of benzene rings is 1. The van der Waals surface area contributed by atoms with Crippen LogP contribution in [0, 0.1) is 0 Å². The number of aromatic nitrogens is 2. The van der Waals surface area contributed by atoms with E-state index in [9.17, 15) is 4.79 Å². The van der Waals surface area contributed by atoms with Gasteiger partial charge in [-0.25, -0.2) is 4.98 Å². The average Bonchev–Trinajstić information content (AvgIpc) is 3.21. The normalized spacial score (nSPS) is 13.0. The number of rotatable bonds is 7. The molecule has 7 nitrogen and oxygen atoms in total. The number of pyridine rings is 1. The van der Waals surface area contributed by atoms with Crippen LogP contribution in [0.25, 0.3) is 11.4 Å². The highest BCUT2D eigenvalue weighted by Crippen LogP contribution is 2.36. The molecule has 0 unspecified atom stereocenters. The maximum absolute atomic E-state index is 12.7. The van der Waals surface area contributed by atoms with Crippen molar-refractivity contribution in [3.63, 3.8) is 0 Å². The maximum atomic E-state index is 12.7. The quantitative estimate of drug-likeness (QED) is 0.530. The van der Waals surface area contributed by atoms with Gasteiger partial charge in [0.05, 0.1) is 28.8 Å². The number of nitrogens with one attached hydrogen (secondary N) is 1. The summed E-state index contributed by atoms with van der Waals surface area (Å²) in [7, 11) is 0. The van der Waals surface area contributed by atoms with Crippen molar-refractivity contribution in [1.29, 1.82) is 0 Å². The van der Waals surface area contributed by atoms with Crippen molar-refractivity contribution < 1.29 is 14.6 Å². The van der Waals surface area contributed by atoms with Crippen LogP contribution in [-0.2, 0) is 0 Å². The van der Waals surface area contributed by atoms with Crippen LogP contribution in [0.15, 0.2) is 40.8 Å². The first-order chi connectivity index (χ1) is 14.5. The molecule has 0 amide bonds. The van der Waals surface area contributed by atoms with Gasteiger partial charge in [-0.3, -0.25) is 14.8 Å². The number of carbonyl (C=O) groups is 1. The lowest BCUT2D eigenvalue weighted by molar-refractivity contribution is 0.0998. The fraction of sp³-hybridized carbons (Fsp3) is 0.200. The second-order valence-electron chi connectivity index (χ2n) is 6.39. The molecule has 30 heavy (non-hydrogen) atoms. The van der Waals surface area contributed by atoms with Gasteiger partial charge in [-0.1, -0.05) is 23.2 Å². The van der Waals surface area contributed by atoms with Crippen molar-refractivity contribution in [2.45, 2.75) is 6.42 Å². The van der Waals surface area contributed by atoms with Crippen LogP contribution in [0.2, 0.25) is 10.0 Å². The molecule has 0 atom stereocenters. The Bertz CT molecular complexity index is 1130. The molecule has 1 aliphatic heterocycles. The van der Waals surface area contributed by atoms with E-state index in [0.717, 1.165) is 0 Å². The van der Waals surface area contributed by atoms with Gasteiger partial charge in [-0.05, 0) is 18.2 Å². The number of aliphatic hydroxyl groups excluding tert-OH is 1. The summed E-state index contributed by atoms with van der Waals surface area (Å²) < 4.78 is 5.74. The molecule has 0 bridgehead atoms. The molecule has 2 N–H and O–H groups in total. The number of hydrogen-bond donors (Lipinski definition) is 2. The van der Waals surface area contributed by atoms with Crippen molar-refractivity contribution in [1.82, 2.24) is 9.97 Å². The Kier molecular flexibility index (Phi) is 6.29. The third-order valence-corrected chi connectivity index (χ3v) is 5.83. The molecule has 0 spiro atoms.